The van der Waals surface area contributed by atoms with E-state index in [1.54, 1.807) is 0 Å². The number of hydrogen-bond donors (Lipinski definition) is 0. The lowest BCUT2D eigenvalue weighted by atomic mass is 9.63. The van der Waals surface area contributed by atoms with Gasteiger partial charge in [0.05, 0.1) is 6.61 Å². The van der Waals surface area contributed by atoms with Gasteiger partial charge in [-0.05, 0) is 71.6 Å². The lowest BCUT2D eigenvalue weighted by molar-refractivity contribution is -0.119. The van der Waals surface area contributed by atoms with Crippen molar-refractivity contribution in [3.63, 3.8) is 0 Å². The van der Waals surface area contributed by atoms with Crippen molar-refractivity contribution in [1.29, 1.82) is 0 Å². The fourth-order valence-electron chi connectivity index (χ4n) is 7.43. The number of fused-ring (bicyclic) bond motifs is 1. The molecule has 3 aromatic carbocycles. The second-order valence-corrected chi connectivity index (χ2v) is 13.8. The van der Waals surface area contributed by atoms with Crippen LogP contribution in [0.2, 0.25) is 0 Å². The van der Waals surface area contributed by atoms with Gasteiger partial charge in [0, 0.05) is 47.8 Å². The van der Waals surface area contributed by atoms with Crippen molar-refractivity contribution in [2.24, 2.45) is 10.8 Å². The lowest BCUT2D eigenvalue weighted by Gasteiger charge is -2.48. The zero-order chi connectivity index (χ0) is 30.5. The predicted octanol–water partition coefficient (Wildman–Crippen LogP) is 8.52. The van der Waals surface area contributed by atoms with Crippen molar-refractivity contribution in [2.75, 3.05) is 13.2 Å². The second-order valence-electron chi connectivity index (χ2n) is 13.8. The first-order valence-electron chi connectivity index (χ1n) is 15.7. The van der Waals surface area contributed by atoms with Gasteiger partial charge in [-0.25, -0.2) is 0 Å². The van der Waals surface area contributed by atoms with Crippen LogP contribution in [0.3, 0.4) is 0 Å². The molecule has 2 aliphatic carbocycles. The van der Waals surface area contributed by atoms with Gasteiger partial charge in [-0.1, -0.05) is 76.2 Å². The summed E-state index contributed by atoms with van der Waals surface area (Å²) in [6.07, 6.45) is 2.59. The molecule has 0 saturated carbocycles. The highest BCUT2D eigenvalue weighted by atomic mass is 16.5. The molecular formula is C38H43NO4. The van der Waals surface area contributed by atoms with Gasteiger partial charge in [0.15, 0.2) is 23.1 Å². The smallest absolute Gasteiger partial charge is 0.162 e. The van der Waals surface area contributed by atoms with E-state index in [0.717, 1.165) is 53.1 Å². The van der Waals surface area contributed by atoms with Gasteiger partial charge in [0.1, 0.15) is 6.61 Å². The molecule has 0 unspecified atom stereocenters. The molecule has 3 aromatic rings. The van der Waals surface area contributed by atoms with Crippen LogP contribution >= 0.6 is 0 Å². The fraction of sp³-hybridized carbons (Fsp3) is 0.421. The number of nitrogens with zero attached hydrogens (tertiary/aromatic N) is 1. The van der Waals surface area contributed by atoms with Gasteiger partial charge >= 0.3 is 0 Å². The first-order chi connectivity index (χ1) is 20.5. The maximum absolute atomic E-state index is 14.0. The Morgan fingerprint density at radius 2 is 1.37 bits per heavy atom. The van der Waals surface area contributed by atoms with Crippen LogP contribution < -0.4 is 9.47 Å². The van der Waals surface area contributed by atoms with E-state index in [-0.39, 0.29) is 22.4 Å². The third-order valence-electron chi connectivity index (χ3n) is 9.20. The van der Waals surface area contributed by atoms with Crippen LogP contribution in [-0.2, 0) is 16.2 Å². The van der Waals surface area contributed by atoms with E-state index < -0.39 is 5.92 Å². The number of carbonyl (C=O) groups is 2. The van der Waals surface area contributed by atoms with Crippen LogP contribution in [0.5, 0.6) is 11.5 Å². The molecule has 3 aliphatic rings. The molecule has 6 rings (SSSR count). The Kier molecular flexibility index (Phi) is 7.48. The highest BCUT2D eigenvalue weighted by molar-refractivity contribution is 6.06. The normalized spacial score (nSPS) is 19.9. The Bertz CT molecular complexity index is 1610. The van der Waals surface area contributed by atoms with Gasteiger partial charge in [0.25, 0.3) is 0 Å². The molecule has 1 heterocycles. The van der Waals surface area contributed by atoms with E-state index in [9.17, 15) is 9.59 Å². The van der Waals surface area contributed by atoms with Gasteiger partial charge in [-0.2, -0.15) is 0 Å². The Morgan fingerprint density at radius 1 is 0.744 bits per heavy atom. The van der Waals surface area contributed by atoms with Crippen molar-refractivity contribution in [2.45, 2.75) is 79.8 Å². The number of benzene rings is 3. The topological polar surface area (TPSA) is 55.8 Å². The zero-order valence-electron chi connectivity index (χ0n) is 26.4. The summed E-state index contributed by atoms with van der Waals surface area (Å²) >= 11 is 0. The van der Waals surface area contributed by atoms with Gasteiger partial charge in [0.2, 0.25) is 0 Å². The molecule has 224 valence electrons. The summed E-state index contributed by atoms with van der Waals surface area (Å²) in [6, 6.07) is 20.5. The standard InChI is InChI=1S/C38H43NO4/c1-7-39-28-19-37(3,4)21-30(40)35(28)34(36-29(39)20-38(5,6)22-31(36)41)25-16-17-32(33(18-25)42-8-2)43-23-26-14-11-13-24-12-9-10-15-27(24)26/h9-18,34H,7-8,19-23H2,1-6H3. The molecular weight excluding hydrogens is 534 g/mol. The summed E-state index contributed by atoms with van der Waals surface area (Å²) in [5.41, 5.74) is 5.52. The Hall–Kier alpha value is -3.86. The van der Waals surface area contributed by atoms with Crippen LogP contribution in [0.1, 0.15) is 84.3 Å². The Labute approximate surface area is 255 Å². The fourth-order valence-corrected chi connectivity index (χ4v) is 7.43. The number of Topliss-reactive ketones (excluding diaryl/α,β-unsaturated/α-hetero) is 2. The van der Waals surface area contributed by atoms with E-state index in [4.69, 9.17) is 9.47 Å². The average molecular weight is 578 g/mol. The number of hydrogen-bond acceptors (Lipinski definition) is 5. The average Bonchev–Trinajstić information content (AvgIpc) is 2.94. The molecule has 0 aromatic heterocycles. The molecule has 0 spiro atoms. The number of ketones is 2. The van der Waals surface area contributed by atoms with Crippen molar-refractivity contribution in [1.82, 2.24) is 4.90 Å². The van der Waals surface area contributed by atoms with Crippen molar-refractivity contribution >= 4 is 22.3 Å². The molecule has 0 bridgehead atoms. The predicted molar refractivity (Wildman–Crippen MR) is 171 cm³/mol. The Balaban J connectivity index is 1.44. The van der Waals surface area contributed by atoms with Gasteiger partial charge in [-0.3, -0.25) is 9.59 Å². The zero-order valence-corrected chi connectivity index (χ0v) is 26.4. The molecule has 1 aliphatic heterocycles. The summed E-state index contributed by atoms with van der Waals surface area (Å²) in [5.74, 6) is 1.18. The maximum Gasteiger partial charge on any atom is 0.162 e. The second kappa shape index (κ2) is 11.0. The SMILES string of the molecule is CCOc1cc(C2C3=C(CC(C)(C)CC3=O)N(CC)C3=C2C(=O)CC(C)(C)C3)ccc1OCc1cccc2ccccc12. The highest BCUT2D eigenvalue weighted by Gasteiger charge is 2.48. The molecule has 0 atom stereocenters. The van der Waals surface area contributed by atoms with E-state index in [1.807, 2.05) is 37.3 Å². The molecule has 5 heteroatoms. The van der Waals surface area contributed by atoms with Crippen LogP contribution in [0.25, 0.3) is 10.8 Å². The summed E-state index contributed by atoms with van der Waals surface area (Å²) in [4.78, 5) is 30.2. The molecule has 0 amide bonds. The molecule has 0 N–H and O–H groups in total. The number of rotatable bonds is 7. The van der Waals surface area contributed by atoms with E-state index in [0.29, 0.717) is 37.6 Å². The summed E-state index contributed by atoms with van der Waals surface area (Å²) in [6.45, 7) is 14.4. The first kappa shape index (κ1) is 29.2. The third kappa shape index (κ3) is 5.39. The third-order valence-corrected chi connectivity index (χ3v) is 9.20. The van der Waals surface area contributed by atoms with Crippen LogP contribution in [0.4, 0.5) is 0 Å². The van der Waals surface area contributed by atoms with Crippen molar-refractivity contribution < 1.29 is 19.1 Å². The molecule has 5 nitrogen and oxygen atoms in total. The largest absolute Gasteiger partial charge is 0.490 e. The minimum absolute atomic E-state index is 0.129. The number of carbonyl (C=O) groups excluding carboxylic acids is 2. The highest BCUT2D eigenvalue weighted by Crippen LogP contribution is 2.54. The van der Waals surface area contributed by atoms with Crippen molar-refractivity contribution in [3.8, 4) is 11.5 Å². The van der Waals surface area contributed by atoms with E-state index in [2.05, 4.69) is 69.9 Å². The van der Waals surface area contributed by atoms with E-state index >= 15 is 0 Å². The molecule has 0 fully saturated rings. The summed E-state index contributed by atoms with van der Waals surface area (Å²) in [5, 5.41) is 2.34. The maximum atomic E-state index is 14.0. The number of allylic oxidation sites excluding steroid dienone is 4. The summed E-state index contributed by atoms with van der Waals surface area (Å²) < 4.78 is 12.5. The minimum Gasteiger partial charge on any atom is -0.490 e. The van der Waals surface area contributed by atoms with Crippen LogP contribution in [-0.4, -0.2) is 29.6 Å². The quantitative estimate of drug-likeness (QED) is 0.282. The van der Waals surface area contributed by atoms with Crippen LogP contribution in [0.15, 0.2) is 83.2 Å². The van der Waals surface area contributed by atoms with Gasteiger partial charge in [-0.15, -0.1) is 0 Å². The molecule has 0 radical (unpaired) electrons. The van der Waals surface area contributed by atoms with Crippen LogP contribution in [0, 0.1) is 10.8 Å². The molecule has 0 saturated heterocycles. The van der Waals surface area contributed by atoms with E-state index in [1.165, 1.54) is 10.8 Å². The lowest BCUT2D eigenvalue weighted by Crippen LogP contribution is -2.44. The minimum atomic E-state index is -0.397. The first-order valence-corrected chi connectivity index (χ1v) is 15.7. The summed E-state index contributed by atoms with van der Waals surface area (Å²) in [7, 11) is 0. The monoisotopic (exact) mass is 577 g/mol. The Morgan fingerprint density at radius 3 is 2.00 bits per heavy atom. The van der Waals surface area contributed by atoms with Crippen molar-refractivity contribution in [3.05, 3.63) is 94.3 Å². The molecule has 43 heavy (non-hydrogen) atoms. The van der Waals surface area contributed by atoms with Gasteiger partial charge < -0.3 is 14.4 Å². The number of ether oxygens (including phenoxy) is 2.